The Kier molecular flexibility index (Phi) is 6.46. The van der Waals surface area contributed by atoms with E-state index in [0.717, 1.165) is 43.9 Å². The number of esters is 1. The average molecular weight is 384 g/mol. The molecule has 5 nitrogen and oxygen atoms in total. The lowest BCUT2D eigenvalue weighted by molar-refractivity contribution is -0.148. The van der Waals surface area contributed by atoms with Crippen molar-refractivity contribution in [2.45, 2.75) is 12.6 Å². The highest BCUT2D eigenvalue weighted by Gasteiger charge is 2.32. The Balaban J connectivity index is 1.68. The lowest BCUT2D eigenvalue weighted by Crippen LogP contribution is -2.49. The number of benzene rings is 2. The van der Waals surface area contributed by atoms with Crippen LogP contribution >= 0.6 is 11.6 Å². The van der Waals surface area contributed by atoms with Gasteiger partial charge < -0.3 is 4.74 Å². The van der Waals surface area contributed by atoms with E-state index in [4.69, 9.17) is 21.6 Å². The Labute approximate surface area is 164 Å². The van der Waals surface area contributed by atoms with Crippen LogP contribution in [0, 0.1) is 11.3 Å². The molecule has 1 saturated heterocycles. The van der Waals surface area contributed by atoms with Crippen LogP contribution in [0.4, 0.5) is 0 Å². The lowest BCUT2D eigenvalue weighted by Gasteiger charge is -2.38. The maximum Gasteiger partial charge on any atom is 0.327 e. The Morgan fingerprint density at radius 1 is 1.19 bits per heavy atom. The van der Waals surface area contributed by atoms with Crippen molar-refractivity contribution < 1.29 is 9.53 Å². The second-order valence-corrected chi connectivity index (χ2v) is 6.98. The SMILES string of the molecule is COC(=O)C(c1ccccc1Cl)N1CCN(Cc2cccc(C#N)c2)CC1. The van der Waals surface area contributed by atoms with E-state index in [2.05, 4.69) is 15.9 Å². The number of halogens is 1. The molecule has 0 amide bonds. The molecule has 0 bridgehead atoms. The van der Waals surface area contributed by atoms with Gasteiger partial charge in [-0.15, -0.1) is 0 Å². The molecule has 1 aliphatic rings. The number of hydrogen-bond acceptors (Lipinski definition) is 5. The molecule has 0 aromatic heterocycles. The summed E-state index contributed by atoms with van der Waals surface area (Å²) in [6.07, 6.45) is 0. The van der Waals surface area contributed by atoms with Gasteiger partial charge in [-0.1, -0.05) is 41.9 Å². The fourth-order valence-corrected chi connectivity index (χ4v) is 3.70. The van der Waals surface area contributed by atoms with E-state index in [9.17, 15) is 4.79 Å². The minimum atomic E-state index is -0.493. The molecule has 140 valence electrons. The summed E-state index contributed by atoms with van der Waals surface area (Å²) in [7, 11) is 1.41. The fraction of sp³-hybridized carbons (Fsp3) is 0.333. The van der Waals surface area contributed by atoms with Gasteiger partial charge in [0.25, 0.3) is 0 Å². The van der Waals surface area contributed by atoms with Gasteiger partial charge in [0.1, 0.15) is 6.04 Å². The third-order valence-corrected chi connectivity index (χ3v) is 5.20. The van der Waals surface area contributed by atoms with Crippen molar-refractivity contribution in [1.82, 2.24) is 9.80 Å². The van der Waals surface area contributed by atoms with Crippen LogP contribution in [0.1, 0.15) is 22.7 Å². The van der Waals surface area contributed by atoms with Crippen LogP contribution in [0.25, 0.3) is 0 Å². The number of methoxy groups -OCH3 is 1. The number of rotatable bonds is 5. The number of nitriles is 1. The number of piperazine rings is 1. The number of ether oxygens (including phenoxy) is 1. The van der Waals surface area contributed by atoms with E-state index < -0.39 is 6.04 Å². The highest BCUT2D eigenvalue weighted by molar-refractivity contribution is 6.31. The van der Waals surface area contributed by atoms with Crippen LogP contribution in [0.15, 0.2) is 48.5 Å². The van der Waals surface area contributed by atoms with Crippen LogP contribution < -0.4 is 0 Å². The summed E-state index contributed by atoms with van der Waals surface area (Å²) >= 11 is 6.33. The second-order valence-electron chi connectivity index (χ2n) is 6.57. The third-order valence-electron chi connectivity index (χ3n) is 4.86. The van der Waals surface area contributed by atoms with E-state index >= 15 is 0 Å². The van der Waals surface area contributed by atoms with Gasteiger partial charge in [0, 0.05) is 37.7 Å². The highest BCUT2D eigenvalue weighted by atomic mass is 35.5. The van der Waals surface area contributed by atoms with E-state index in [0.29, 0.717) is 10.6 Å². The summed E-state index contributed by atoms with van der Waals surface area (Å²) in [6.45, 7) is 3.92. The van der Waals surface area contributed by atoms with Crippen molar-refractivity contribution >= 4 is 17.6 Å². The second kappa shape index (κ2) is 9.01. The molecular weight excluding hydrogens is 362 g/mol. The van der Waals surface area contributed by atoms with Crippen molar-refractivity contribution in [3.05, 3.63) is 70.2 Å². The third kappa shape index (κ3) is 4.67. The first-order valence-electron chi connectivity index (χ1n) is 8.90. The minimum absolute atomic E-state index is 0.293. The molecule has 0 aliphatic carbocycles. The van der Waals surface area contributed by atoms with Gasteiger partial charge in [0.05, 0.1) is 18.7 Å². The Bertz CT molecular complexity index is 841. The summed E-state index contributed by atoms with van der Waals surface area (Å²) < 4.78 is 5.04. The molecule has 2 aromatic rings. The molecule has 0 spiro atoms. The molecule has 1 unspecified atom stereocenters. The van der Waals surface area contributed by atoms with Gasteiger partial charge in [0.15, 0.2) is 0 Å². The smallest absolute Gasteiger partial charge is 0.327 e. The van der Waals surface area contributed by atoms with E-state index in [1.54, 1.807) is 6.07 Å². The maximum atomic E-state index is 12.4. The number of carbonyl (C=O) groups excluding carboxylic acids is 1. The van der Waals surface area contributed by atoms with Crippen LogP contribution in [0.5, 0.6) is 0 Å². The van der Waals surface area contributed by atoms with Gasteiger partial charge in [-0.2, -0.15) is 5.26 Å². The first-order chi connectivity index (χ1) is 13.1. The summed E-state index contributed by atoms with van der Waals surface area (Å²) in [6, 6.07) is 16.8. The first-order valence-corrected chi connectivity index (χ1v) is 9.28. The first kappa shape index (κ1) is 19.4. The van der Waals surface area contributed by atoms with Crippen molar-refractivity contribution in [2.75, 3.05) is 33.3 Å². The number of carbonyl (C=O) groups is 1. The maximum absolute atomic E-state index is 12.4. The van der Waals surface area contributed by atoms with E-state index in [-0.39, 0.29) is 5.97 Å². The Morgan fingerprint density at radius 2 is 1.93 bits per heavy atom. The predicted molar refractivity (Wildman–Crippen MR) is 104 cm³/mol. The van der Waals surface area contributed by atoms with Crippen molar-refractivity contribution in [1.29, 1.82) is 5.26 Å². The van der Waals surface area contributed by atoms with Crippen molar-refractivity contribution in [3.63, 3.8) is 0 Å². The quantitative estimate of drug-likeness (QED) is 0.742. The van der Waals surface area contributed by atoms with Crippen LogP contribution in [0.3, 0.4) is 0 Å². The summed E-state index contributed by atoms with van der Waals surface area (Å²) in [5.41, 5.74) is 2.58. The molecule has 1 aliphatic heterocycles. The van der Waals surface area contributed by atoms with Gasteiger partial charge in [-0.05, 0) is 29.3 Å². The van der Waals surface area contributed by atoms with Gasteiger partial charge in [-0.3, -0.25) is 9.80 Å². The van der Waals surface area contributed by atoms with E-state index in [1.165, 1.54) is 7.11 Å². The summed E-state index contributed by atoms with van der Waals surface area (Å²) in [4.78, 5) is 16.9. The number of hydrogen-bond donors (Lipinski definition) is 0. The summed E-state index contributed by atoms with van der Waals surface area (Å²) in [5.74, 6) is -0.293. The topological polar surface area (TPSA) is 56.6 Å². The molecule has 0 N–H and O–H groups in total. The summed E-state index contributed by atoms with van der Waals surface area (Å²) in [5, 5.41) is 9.62. The average Bonchev–Trinajstić information content (AvgIpc) is 2.71. The molecule has 27 heavy (non-hydrogen) atoms. The molecular formula is C21H22ClN3O2. The molecule has 1 heterocycles. The van der Waals surface area contributed by atoms with Crippen molar-refractivity contribution in [2.24, 2.45) is 0 Å². The highest BCUT2D eigenvalue weighted by Crippen LogP contribution is 2.29. The minimum Gasteiger partial charge on any atom is -0.468 e. The van der Waals surface area contributed by atoms with Gasteiger partial charge >= 0.3 is 5.97 Å². The molecule has 3 rings (SSSR count). The zero-order valence-electron chi connectivity index (χ0n) is 15.3. The molecule has 1 fully saturated rings. The van der Waals surface area contributed by atoms with E-state index in [1.807, 2.05) is 42.5 Å². The van der Waals surface area contributed by atoms with Gasteiger partial charge in [0.2, 0.25) is 0 Å². The molecule has 1 atom stereocenters. The lowest BCUT2D eigenvalue weighted by atomic mass is 10.0. The Hall–Kier alpha value is -2.39. The monoisotopic (exact) mass is 383 g/mol. The number of nitrogens with zero attached hydrogens (tertiary/aromatic N) is 3. The molecule has 0 saturated carbocycles. The molecule has 2 aromatic carbocycles. The zero-order valence-corrected chi connectivity index (χ0v) is 16.0. The molecule has 6 heteroatoms. The van der Waals surface area contributed by atoms with Crippen LogP contribution in [-0.2, 0) is 16.1 Å². The Morgan fingerprint density at radius 3 is 2.59 bits per heavy atom. The normalized spacial score (nSPS) is 16.5. The molecule has 0 radical (unpaired) electrons. The standard InChI is InChI=1S/C21H22ClN3O2/c1-27-21(26)20(18-7-2-3-8-19(18)22)25-11-9-24(10-12-25)15-17-6-4-5-16(13-17)14-23/h2-8,13,20H,9-12,15H2,1H3. The van der Waals surface area contributed by atoms with Crippen LogP contribution in [-0.4, -0.2) is 49.1 Å². The zero-order chi connectivity index (χ0) is 19.2. The largest absolute Gasteiger partial charge is 0.468 e. The van der Waals surface area contributed by atoms with Crippen molar-refractivity contribution in [3.8, 4) is 6.07 Å². The van der Waals surface area contributed by atoms with Crippen LogP contribution in [0.2, 0.25) is 5.02 Å². The van der Waals surface area contributed by atoms with Gasteiger partial charge in [-0.25, -0.2) is 4.79 Å². The predicted octanol–water partition coefficient (Wildman–Crippen LogP) is 3.24. The fourth-order valence-electron chi connectivity index (χ4n) is 3.46.